The van der Waals surface area contributed by atoms with Gasteiger partial charge in [-0.2, -0.15) is 0 Å². The molecule has 11 heavy (non-hydrogen) atoms. The monoisotopic (exact) mass is 148 g/mol. The Morgan fingerprint density at radius 3 is 2.36 bits per heavy atom. The summed E-state index contributed by atoms with van der Waals surface area (Å²) in [5.41, 5.74) is 1.85. The molecule has 0 aliphatic heterocycles. The molecule has 0 aromatic carbocycles. The van der Waals surface area contributed by atoms with Gasteiger partial charge in [-0.1, -0.05) is 38.3 Å². The molecule has 0 saturated heterocycles. The predicted octanol–water partition coefficient (Wildman–Crippen LogP) is 3.48. The van der Waals surface area contributed by atoms with Crippen LogP contribution in [0.3, 0.4) is 0 Å². The Morgan fingerprint density at radius 1 is 1.45 bits per heavy atom. The molecule has 1 aliphatic rings. The van der Waals surface area contributed by atoms with Crippen molar-refractivity contribution in [3.05, 3.63) is 37.0 Å². The largest absolute Gasteiger partial charge is 0.0991 e. The number of hydrogen-bond acceptors (Lipinski definition) is 0. The fourth-order valence-corrected chi connectivity index (χ4v) is 1.59. The second kappa shape index (κ2) is 3.08. The van der Waals surface area contributed by atoms with Gasteiger partial charge in [0.25, 0.3) is 0 Å². The lowest BCUT2D eigenvalue weighted by Crippen LogP contribution is -1.99. The van der Waals surface area contributed by atoms with Crippen molar-refractivity contribution in [2.45, 2.75) is 26.2 Å². The molecule has 1 rings (SSSR count). The van der Waals surface area contributed by atoms with Gasteiger partial charge in [-0.05, 0) is 30.3 Å². The SMILES string of the molecule is C=C/C=C(\C=C)C1(CC)CC1. The molecule has 0 spiro atoms. The molecule has 0 unspecified atom stereocenters. The van der Waals surface area contributed by atoms with Gasteiger partial charge in [0.15, 0.2) is 0 Å². The summed E-state index contributed by atoms with van der Waals surface area (Å²) < 4.78 is 0. The lowest BCUT2D eigenvalue weighted by molar-refractivity contribution is 0.598. The zero-order valence-electron chi connectivity index (χ0n) is 7.27. The van der Waals surface area contributed by atoms with Crippen molar-refractivity contribution in [3.8, 4) is 0 Å². The molecule has 0 nitrogen and oxygen atoms in total. The van der Waals surface area contributed by atoms with Crippen molar-refractivity contribution in [1.29, 1.82) is 0 Å². The lowest BCUT2D eigenvalue weighted by atomic mass is 9.92. The minimum atomic E-state index is 0.482. The summed E-state index contributed by atoms with van der Waals surface area (Å²) in [5, 5.41) is 0. The van der Waals surface area contributed by atoms with Crippen LogP contribution in [-0.4, -0.2) is 0 Å². The highest BCUT2D eigenvalue weighted by Gasteiger charge is 2.42. The summed E-state index contributed by atoms with van der Waals surface area (Å²) in [5.74, 6) is 0. The molecule has 0 aromatic heterocycles. The molecule has 1 fully saturated rings. The Morgan fingerprint density at radius 2 is 2.09 bits per heavy atom. The van der Waals surface area contributed by atoms with Gasteiger partial charge in [0.1, 0.15) is 0 Å². The predicted molar refractivity (Wildman–Crippen MR) is 50.4 cm³/mol. The van der Waals surface area contributed by atoms with Gasteiger partial charge in [0, 0.05) is 0 Å². The van der Waals surface area contributed by atoms with Crippen molar-refractivity contribution in [1.82, 2.24) is 0 Å². The summed E-state index contributed by atoms with van der Waals surface area (Å²) in [4.78, 5) is 0. The molecule has 1 aliphatic carbocycles. The summed E-state index contributed by atoms with van der Waals surface area (Å²) >= 11 is 0. The Bertz CT molecular complexity index is 192. The van der Waals surface area contributed by atoms with Crippen molar-refractivity contribution in [2.24, 2.45) is 5.41 Å². The summed E-state index contributed by atoms with van der Waals surface area (Å²) in [6.45, 7) is 9.76. The minimum Gasteiger partial charge on any atom is -0.0991 e. The van der Waals surface area contributed by atoms with Gasteiger partial charge < -0.3 is 0 Å². The molecule has 0 amide bonds. The highest BCUT2D eigenvalue weighted by Crippen LogP contribution is 2.54. The average molecular weight is 148 g/mol. The van der Waals surface area contributed by atoms with Crippen LogP contribution in [0.1, 0.15) is 26.2 Å². The fraction of sp³-hybridized carbons (Fsp3) is 0.455. The lowest BCUT2D eigenvalue weighted by Gasteiger charge is -2.12. The first-order valence-electron chi connectivity index (χ1n) is 4.24. The molecule has 0 radical (unpaired) electrons. The standard InChI is InChI=1S/C11H16/c1-4-7-10(5-2)11(6-3)8-9-11/h4-5,7H,1-2,6,8-9H2,3H3/b10-7+. The molecule has 0 aromatic rings. The third-order valence-electron chi connectivity index (χ3n) is 2.66. The minimum absolute atomic E-state index is 0.482. The first-order chi connectivity index (χ1) is 5.29. The Balaban J connectivity index is 2.76. The van der Waals surface area contributed by atoms with Gasteiger partial charge in [0.2, 0.25) is 0 Å². The Labute approximate surface area is 69.3 Å². The van der Waals surface area contributed by atoms with Crippen molar-refractivity contribution in [3.63, 3.8) is 0 Å². The summed E-state index contributed by atoms with van der Waals surface area (Å²) in [6.07, 6.45) is 9.80. The van der Waals surface area contributed by atoms with E-state index in [2.05, 4.69) is 26.2 Å². The van der Waals surface area contributed by atoms with E-state index in [0.717, 1.165) is 0 Å². The summed E-state index contributed by atoms with van der Waals surface area (Å²) in [6, 6.07) is 0. The van der Waals surface area contributed by atoms with Crippen LogP contribution in [0.5, 0.6) is 0 Å². The van der Waals surface area contributed by atoms with E-state index in [1.54, 1.807) is 0 Å². The van der Waals surface area contributed by atoms with E-state index in [1.807, 2.05) is 12.2 Å². The molecular formula is C11H16. The first kappa shape index (κ1) is 8.32. The van der Waals surface area contributed by atoms with Gasteiger partial charge in [-0.15, -0.1) is 0 Å². The van der Waals surface area contributed by atoms with Crippen LogP contribution >= 0.6 is 0 Å². The first-order valence-corrected chi connectivity index (χ1v) is 4.24. The van der Waals surface area contributed by atoms with E-state index in [9.17, 15) is 0 Å². The smallest absolute Gasteiger partial charge is 0.00492 e. The van der Waals surface area contributed by atoms with Crippen molar-refractivity contribution in [2.75, 3.05) is 0 Å². The van der Waals surface area contributed by atoms with Crippen LogP contribution in [0.4, 0.5) is 0 Å². The highest BCUT2D eigenvalue weighted by atomic mass is 14.5. The highest BCUT2D eigenvalue weighted by molar-refractivity contribution is 5.33. The van der Waals surface area contributed by atoms with Crippen LogP contribution in [0.15, 0.2) is 37.0 Å². The topological polar surface area (TPSA) is 0 Å². The number of allylic oxidation sites excluding steroid dienone is 4. The van der Waals surface area contributed by atoms with E-state index < -0.39 is 0 Å². The zero-order chi connectivity index (χ0) is 8.32. The number of hydrogen-bond donors (Lipinski definition) is 0. The maximum absolute atomic E-state index is 3.82. The van der Waals surface area contributed by atoms with Gasteiger partial charge >= 0.3 is 0 Å². The Hall–Kier alpha value is -0.780. The Kier molecular flexibility index (Phi) is 2.33. The van der Waals surface area contributed by atoms with Gasteiger partial charge in [-0.25, -0.2) is 0 Å². The molecule has 0 N–H and O–H groups in total. The zero-order valence-corrected chi connectivity index (χ0v) is 7.27. The molecular weight excluding hydrogens is 132 g/mol. The van der Waals surface area contributed by atoms with Gasteiger partial charge in [0.05, 0.1) is 0 Å². The summed E-state index contributed by atoms with van der Waals surface area (Å²) in [7, 11) is 0. The molecule has 60 valence electrons. The van der Waals surface area contributed by atoms with Crippen LogP contribution in [0.2, 0.25) is 0 Å². The van der Waals surface area contributed by atoms with E-state index >= 15 is 0 Å². The van der Waals surface area contributed by atoms with Gasteiger partial charge in [-0.3, -0.25) is 0 Å². The molecule has 0 bridgehead atoms. The maximum Gasteiger partial charge on any atom is -0.00492 e. The molecule has 0 heterocycles. The van der Waals surface area contributed by atoms with E-state index in [-0.39, 0.29) is 0 Å². The van der Waals surface area contributed by atoms with E-state index in [4.69, 9.17) is 0 Å². The molecule has 1 saturated carbocycles. The average Bonchev–Trinajstić information content (AvgIpc) is 2.81. The fourth-order valence-electron chi connectivity index (χ4n) is 1.59. The maximum atomic E-state index is 3.82. The van der Waals surface area contributed by atoms with Crippen molar-refractivity contribution >= 4 is 0 Å². The van der Waals surface area contributed by atoms with Crippen molar-refractivity contribution < 1.29 is 0 Å². The van der Waals surface area contributed by atoms with Crippen LogP contribution in [-0.2, 0) is 0 Å². The third kappa shape index (κ3) is 1.45. The third-order valence-corrected chi connectivity index (χ3v) is 2.66. The van der Waals surface area contributed by atoms with E-state index in [1.165, 1.54) is 24.8 Å². The molecule has 0 heteroatoms. The molecule has 0 atom stereocenters. The second-order valence-corrected chi connectivity index (χ2v) is 3.20. The quantitative estimate of drug-likeness (QED) is 0.535. The van der Waals surface area contributed by atoms with Crippen LogP contribution < -0.4 is 0 Å². The van der Waals surface area contributed by atoms with E-state index in [0.29, 0.717) is 5.41 Å². The van der Waals surface area contributed by atoms with Crippen LogP contribution in [0, 0.1) is 5.41 Å². The number of rotatable bonds is 4. The second-order valence-electron chi connectivity index (χ2n) is 3.20. The van der Waals surface area contributed by atoms with Crippen LogP contribution in [0.25, 0.3) is 0 Å². The normalized spacial score (nSPS) is 21.0.